The average Bonchev–Trinajstić information content (AvgIpc) is 2.64. The van der Waals surface area contributed by atoms with Gasteiger partial charge in [0.05, 0.1) is 0 Å². The maximum absolute atomic E-state index is 12.5. The Bertz CT molecular complexity index is 976. The van der Waals surface area contributed by atoms with E-state index >= 15 is 0 Å². The Kier molecular flexibility index (Phi) is 5.63. The standard InChI is InChI=1S/C19H16ClN5O2/c1-12(26)23-15-3-2-4-16(9-15)25-19(27)17-10-18(22-11-21-17)24-14-7-5-13(20)6-8-14/h2-11H,1H3,(H,23,26)(H,25,27)(H,21,22,24). The molecule has 3 rings (SSSR count). The Morgan fingerprint density at radius 1 is 0.889 bits per heavy atom. The molecule has 0 radical (unpaired) electrons. The molecule has 2 amide bonds. The molecule has 0 atom stereocenters. The molecule has 0 spiro atoms. The summed E-state index contributed by atoms with van der Waals surface area (Å²) in [6.45, 7) is 1.42. The van der Waals surface area contributed by atoms with Gasteiger partial charge in [0, 0.05) is 35.1 Å². The SMILES string of the molecule is CC(=O)Nc1cccc(NC(=O)c2cc(Nc3ccc(Cl)cc3)ncn2)c1. The van der Waals surface area contributed by atoms with Crippen LogP contribution in [-0.2, 0) is 4.79 Å². The lowest BCUT2D eigenvalue weighted by molar-refractivity contribution is -0.114. The van der Waals surface area contributed by atoms with Gasteiger partial charge in [-0.15, -0.1) is 0 Å². The topological polar surface area (TPSA) is 96.0 Å². The number of hydrogen-bond donors (Lipinski definition) is 3. The molecule has 3 N–H and O–H groups in total. The number of carbonyl (C=O) groups is 2. The summed E-state index contributed by atoms with van der Waals surface area (Å²) in [4.78, 5) is 31.7. The number of rotatable bonds is 5. The molecule has 0 saturated carbocycles. The van der Waals surface area contributed by atoms with E-state index in [4.69, 9.17) is 11.6 Å². The van der Waals surface area contributed by atoms with E-state index in [0.29, 0.717) is 22.2 Å². The molecule has 3 aromatic rings. The maximum Gasteiger partial charge on any atom is 0.274 e. The number of hydrogen-bond acceptors (Lipinski definition) is 5. The van der Waals surface area contributed by atoms with Crippen LogP contribution in [0.3, 0.4) is 0 Å². The fourth-order valence-electron chi connectivity index (χ4n) is 2.30. The minimum atomic E-state index is -0.392. The highest BCUT2D eigenvalue weighted by Crippen LogP contribution is 2.19. The van der Waals surface area contributed by atoms with E-state index in [1.54, 1.807) is 54.6 Å². The van der Waals surface area contributed by atoms with Crippen LogP contribution in [-0.4, -0.2) is 21.8 Å². The maximum atomic E-state index is 12.5. The summed E-state index contributed by atoms with van der Waals surface area (Å²) >= 11 is 5.87. The van der Waals surface area contributed by atoms with Crippen molar-refractivity contribution in [1.82, 2.24) is 9.97 Å². The van der Waals surface area contributed by atoms with Gasteiger partial charge in [-0.05, 0) is 42.5 Å². The Hall–Kier alpha value is -3.45. The van der Waals surface area contributed by atoms with E-state index in [2.05, 4.69) is 25.9 Å². The van der Waals surface area contributed by atoms with E-state index < -0.39 is 5.91 Å². The Morgan fingerprint density at radius 3 is 2.30 bits per heavy atom. The summed E-state index contributed by atoms with van der Waals surface area (Å²) in [5.41, 5.74) is 2.11. The molecule has 0 saturated heterocycles. The third-order valence-electron chi connectivity index (χ3n) is 3.46. The van der Waals surface area contributed by atoms with Crippen molar-refractivity contribution in [3.63, 3.8) is 0 Å². The second-order valence-corrected chi connectivity index (χ2v) is 6.07. The summed E-state index contributed by atoms with van der Waals surface area (Å²) < 4.78 is 0. The van der Waals surface area contributed by atoms with E-state index in [9.17, 15) is 9.59 Å². The number of anilines is 4. The van der Waals surface area contributed by atoms with Crippen LogP contribution in [0.5, 0.6) is 0 Å². The molecule has 0 fully saturated rings. The number of aromatic nitrogens is 2. The number of nitrogens with zero attached hydrogens (tertiary/aromatic N) is 2. The van der Waals surface area contributed by atoms with Gasteiger partial charge in [0.1, 0.15) is 17.8 Å². The fraction of sp³-hybridized carbons (Fsp3) is 0.0526. The van der Waals surface area contributed by atoms with Gasteiger partial charge in [-0.2, -0.15) is 0 Å². The predicted octanol–water partition coefficient (Wildman–Crippen LogP) is 4.08. The summed E-state index contributed by atoms with van der Waals surface area (Å²) in [6, 6.07) is 15.5. The first-order valence-electron chi connectivity index (χ1n) is 8.03. The lowest BCUT2D eigenvalue weighted by Gasteiger charge is -2.09. The molecule has 2 aromatic carbocycles. The molecule has 0 aliphatic rings. The Morgan fingerprint density at radius 2 is 1.59 bits per heavy atom. The quantitative estimate of drug-likeness (QED) is 0.618. The third kappa shape index (κ3) is 5.26. The fourth-order valence-corrected chi connectivity index (χ4v) is 2.43. The Labute approximate surface area is 160 Å². The first-order valence-corrected chi connectivity index (χ1v) is 8.41. The molecule has 27 heavy (non-hydrogen) atoms. The van der Waals surface area contributed by atoms with Crippen LogP contribution in [0.4, 0.5) is 22.9 Å². The molecule has 8 heteroatoms. The smallest absolute Gasteiger partial charge is 0.274 e. The van der Waals surface area contributed by atoms with Gasteiger partial charge in [0.15, 0.2) is 0 Å². The second-order valence-electron chi connectivity index (χ2n) is 5.64. The predicted molar refractivity (Wildman–Crippen MR) is 105 cm³/mol. The number of carbonyl (C=O) groups excluding carboxylic acids is 2. The molecular weight excluding hydrogens is 366 g/mol. The first kappa shape index (κ1) is 18.3. The van der Waals surface area contributed by atoms with E-state index in [-0.39, 0.29) is 11.6 Å². The first-order chi connectivity index (χ1) is 13.0. The van der Waals surface area contributed by atoms with Crippen molar-refractivity contribution in [2.75, 3.05) is 16.0 Å². The molecule has 1 aromatic heterocycles. The van der Waals surface area contributed by atoms with Gasteiger partial charge in [-0.1, -0.05) is 17.7 Å². The zero-order valence-corrected chi connectivity index (χ0v) is 15.1. The van der Waals surface area contributed by atoms with Gasteiger partial charge in [-0.3, -0.25) is 9.59 Å². The monoisotopic (exact) mass is 381 g/mol. The highest BCUT2D eigenvalue weighted by atomic mass is 35.5. The molecule has 0 bridgehead atoms. The minimum Gasteiger partial charge on any atom is -0.340 e. The van der Waals surface area contributed by atoms with Crippen molar-refractivity contribution >= 4 is 46.3 Å². The van der Waals surface area contributed by atoms with Crippen molar-refractivity contribution in [3.05, 3.63) is 71.6 Å². The zero-order valence-electron chi connectivity index (χ0n) is 14.4. The molecule has 1 heterocycles. The third-order valence-corrected chi connectivity index (χ3v) is 3.71. The van der Waals surface area contributed by atoms with Gasteiger partial charge >= 0.3 is 0 Å². The average molecular weight is 382 g/mol. The number of amides is 2. The van der Waals surface area contributed by atoms with Crippen LogP contribution in [0.2, 0.25) is 5.02 Å². The molecule has 136 valence electrons. The molecule has 0 aliphatic carbocycles. The van der Waals surface area contributed by atoms with Crippen molar-refractivity contribution in [2.45, 2.75) is 6.92 Å². The second kappa shape index (κ2) is 8.29. The number of benzene rings is 2. The molecular formula is C19H16ClN5O2. The highest BCUT2D eigenvalue weighted by molar-refractivity contribution is 6.30. The lowest BCUT2D eigenvalue weighted by Crippen LogP contribution is -2.14. The van der Waals surface area contributed by atoms with E-state index in [1.807, 2.05) is 0 Å². The highest BCUT2D eigenvalue weighted by Gasteiger charge is 2.10. The minimum absolute atomic E-state index is 0.188. The van der Waals surface area contributed by atoms with E-state index in [1.165, 1.54) is 13.3 Å². The summed E-state index contributed by atoms with van der Waals surface area (Å²) in [7, 11) is 0. The van der Waals surface area contributed by atoms with E-state index in [0.717, 1.165) is 5.69 Å². The van der Waals surface area contributed by atoms with Crippen LogP contribution < -0.4 is 16.0 Å². The van der Waals surface area contributed by atoms with Crippen LogP contribution in [0.1, 0.15) is 17.4 Å². The Balaban J connectivity index is 1.71. The van der Waals surface area contributed by atoms with Crippen molar-refractivity contribution in [3.8, 4) is 0 Å². The summed E-state index contributed by atoms with van der Waals surface area (Å²) in [5, 5.41) is 9.12. The summed E-state index contributed by atoms with van der Waals surface area (Å²) in [6.07, 6.45) is 1.31. The van der Waals surface area contributed by atoms with Gasteiger partial charge in [0.25, 0.3) is 5.91 Å². The van der Waals surface area contributed by atoms with Gasteiger partial charge in [-0.25, -0.2) is 9.97 Å². The molecule has 7 nitrogen and oxygen atoms in total. The zero-order chi connectivity index (χ0) is 19.2. The van der Waals surface area contributed by atoms with Crippen LogP contribution in [0.15, 0.2) is 60.9 Å². The van der Waals surface area contributed by atoms with Crippen LogP contribution in [0.25, 0.3) is 0 Å². The van der Waals surface area contributed by atoms with Crippen LogP contribution >= 0.6 is 11.6 Å². The van der Waals surface area contributed by atoms with Crippen molar-refractivity contribution < 1.29 is 9.59 Å². The molecule has 0 unspecified atom stereocenters. The van der Waals surface area contributed by atoms with Gasteiger partial charge < -0.3 is 16.0 Å². The molecule has 0 aliphatic heterocycles. The largest absolute Gasteiger partial charge is 0.340 e. The number of halogens is 1. The summed E-state index contributed by atoms with van der Waals surface area (Å²) in [5.74, 6) is -0.104. The number of nitrogens with one attached hydrogen (secondary N) is 3. The van der Waals surface area contributed by atoms with Crippen LogP contribution in [0, 0.1) is 0 Å². The normalized spacial score (nSPS) is 10.1. The van der Waals surface area contributed by atoms with Crippen molar-refractivity contribution in [2.24, 2.45) is 0 Å². The lowest BCUT2D eigenvalue weighted by atomic mass is 10.2. The van der Waals surface area contributed by atoms with Crippen molar-refractivity contribution in [1.29, 1.82) is 0 Å². The van der Waals surface area contributed by atoms with Gasteiger partial charge in [0.2, 0.25) is 5.91 Å².